The van der Waals surface area contributed by atoms with Gasteiger partial charge in [-0.25, -0.2) is 4.57 Å². The number of allylic oxidation sites excluding steroid dienone is 6. The summed E-state index contributed by atoms with van der Waals surface area (Å²) in [7, 11) is -4.28. The lowest BCUT2D eigenvalue weighted by Gasteiger charge is -2.20. The van der Waals surface area contributed by atoms with E-state index < -0.39 is 13.9 Å². The van der Waals surface area contributed by atoms with Crippen molar-refractivity contribution in [2.75, 3.05) is 33.0 Å². The van der Waals surface area contributed by atoms with Crippen LogP contribution in [0.15, 0.2) is 36.5 Å². The van der Waals surface area contributed by atoms with Gasteiger partial charge in [-0.1, -0.05) is 237 Å². The fourth-order valence-corrected chi connectivity index (χ4v) is 8.42. The molecule has 9 heteroatoms. The van der Waals surface area contributed by atoms with Gasteiger partial charge in [0.25, 0.3) is 0 Å². The van der Waals surface area contributed by atoms with Crippen LogP contribution in [0.4, 0.5) is 0 Å². The van der Waals surface area contributed by atoms with Gasteiger partial charge >= 0.3 is 13.8 Å². The van der Waals surface area contributed by atoms with Crippen LogP contribution in [0.5, 0.6) is 0 Å². The molecule has 2 atom stereocenters. The smallest absolute Gasteiger partial charge is 0.457 e. The lowest BCUT2D eigenvalue weighted by molar-refractivity contribution is -0.154. The summed E-state index contributed by atoms with van der Waals surface area (Å²) in [4.78, 5) is 22.6. The second-order valence-corrected chi connectivity index (χ2v) is 19.2. The molecule has 0 aliphatic rings. The fourth-order valence-electron chi connectivity index (χ4n) is 7.65. The van der Waals surface area contributed by atoms with Crippen LogP contribution in [-0.4, -0.2) is 49.9 Å². The summed E-state index contributed by atoms with van der Waals surface area (Å²) < 4.78 is 33.6. The summed E-state index contributed by atoms with van der Waals surface area (Å²) in [6.45, 7) is 4.96. The molecule has 366 valence electrons. The second-order valence-electron chi connectivity index (χ2n) is 17.7. The van der Waals surface area contributed by atoms with Gasteiger partial charge in [-0.3, -0.25) is 13.8 Å². The first-order chi connectivity index (χ1) is 30.4. The average Bonchev–Trinajstić information content (AvgIpc) is 3.26. The van der Waals surface area contributed by atoms with Gasteiger partial charge in [0.2, 0.25) is 0 Å². The molecule has 0 rings (SSSR count). The Morgan fingerprint density at radius 3 is 1.27 bits per heavy atom. The van der Waals surface area contributed by atoms with Crippen molar-refractivity contribution in [3.63, 3.8) is 0 Å². The van der Waals surface area contributed by atoms with Crippen molar-refractivity contribution in [3.05, 3.63) is 36.5 Å². The van der Waals surface area contributed by atoms with Crippen molar-refractivity contribution in [1.29, 1.82) is 0 Å². The topological polar surface area (TPSA) is 117 Å². The highest BCUT2D eigenvalue weighted by atomic mass is 31.2. The second kappa shape index (κ2) is 50.7. The standard InChI is InChI=1S/C53H102NO7P/c1-3-5-7-9-11-13-15-17-19-21-23-24-25-26-27-28-29-30-32-34-36-38-40-42-44-46-53(55)61-52(51-60-62(56,57)59-49-47-54)50-58-48-45-43-41-39-37-35-33-31-22-20-18-16-14-12-10-8-6-4-2/h15,17,21,23,25-26,52H,3-14,16,18-20,22,24,27-51,54H2,1-2H3,(H,56,57)/b17-15-,23-21-,26-25-. The van der Waals surface area contributed by atoms with Crippen LogP contribution in [-0.2, 0) is 27.9 Å². The highest BCUT2D eigenvalue weighted by molar-refractivity contribution is 7.47. The third-order valence-electron chi connectivity index (χ3n) is 11.6. The summed E-state index contributed by atoms with van der Waals surface area (Å²) >= 11 is 0. The molecule has 0 saturated heterocycles. The zero-order chi connectivity index (χ0) is 45.1. The van der Waals surface area contributed by atoms with E-state index in [9.17, 15) is 14.3 Å². The van der Waals surface area contributed by atoms with Crippen LogP contribution in [0.25, 0.3) is 0 Å². The van der Waals surface area contributed by atoms with Crippen molar-refractivity contribution in [2.24, 2.45) is 5.73 Å². The molecule has 0 heterocycles. The van der Waals surface area contributed by atoms with Crippen molar-refractivity contribution >= 4 is 13.8 Å². The Morgan fingerprint density at radius 2 is 0.855 bits per heavy atom. The van der Waals surface area contributed by atoms with Gasteiger partial charge in [0.1, 0.15) is 6.10 Å². The van der Waals surface area contributed by atoms with Gasteiger partial charge in [0, 0.05) is 19.6 Å². The summed E-state index contributed by atoms with van der Waals surface area (Å²) in [5.41, 5.74) is 5.39. The number of ether oxygens (including phenoxy) is 2. The van der Waals surface area contributed by atoms with Crippen LogP contribution in [0.1, 0.15) is 258 Å². The first kappa shape index (κ1) is 60.7. The molecule has 2 unspecified atom stereocenters. The van der Waals surface area contributed by atoms with E-state index in [0.29, 0.717) is 13.0 Å². The minimum Gasteiger partial charge on any atom is -0.457 e. The van der Waals surface area contributed by atoms with E-state index in [1.54, 1.807) is 0 Å². The quantitative estimate of drug-likeness (QED) is 0.0268. The SMILES string of the molecule is CCCCCCC/C=C\C/C=C\C/C=C\CCCCCCCCCCCCC(=O)OC(COCCCCCCCCCCCCCCCCCCCC)COP(=O)(O)OCCN. The van der Waals surface area contributed by atoms with Gasteiger partial charge in [0.05, 0.1) is 19.8 Å². The Hall–Kier alpha value is -1.28. The monoisotopic (exact) mass is 896 g/mol. The van der Waals surface area contributed by atoms with E-state index in [1.165, 1.54) is 193 Å². The Balaban J connectivity index is 3.91. The molecule has 0 aliphatic carbocycles. The highest BCUT2D eigenvalue weighted by Gasteiger charge is 2.25. The molecule has 8 nitrogen and oxygen atoms in total. The molecule has 0 bridgehead atoms. The highest BCUT2D eigenvalue weighted by Crippen LogP contribution is 2.43. The maximum Gasteiger partial charge on any atom is 0.472 e. The van der Waals surface area contributed by atoms with E-state index in [2.05, 4.69) is 50.3 Å². The van der Waals surface area contributed by atoms with Crippen molar-refractivity contribution < 1.29 is 32.8 Å². The molecular weight excluding hydrogens is 794 g/mol. The molecule has 0 aromatic carbocycles. The predicted octanol–water partition coefficient (Wildman–Crippen LogP) is 16.5. The number of hydrogen-bond donors (Lipinski definition) is 2. The van der Waals surface area contributed by atoms with Gasteiger partial charge in [-0.05, 0) is 51.4 Å². The molecule has 0 fully saturated rings. The van der Waals surface area contributed by atoms with Crippen LogP contribution < -0.4 is 5.73 Å². The Kier molecular flexibility index (Phi) is 49.7. The Morgan fingerprint density at radius 1 is 0.484 bits per heavy atom. The first-order valence-electron chi connectivity index (χ1n) is 26.5. The largest absolute Gasteiger partial charge is 0.472 e. The van der Waals surface area contributed by atoms with E-state index in [1.807, 2.05) is 0 Å². The van der Waals surface area contributed by atoms with Gasteiger partial charge in [0.15, 0.2) is 0 Å². The Labute approximate surface area is 384 Å². The predicted molar refractivity (Wildman–Crippen MR) is 266 cm³/mol. The number of phosphoric ester groups is 1. The minimum atomic E-state index is -4.28. The summed E-state index contributed by atoms with van der Waals surface area (Å²) in [5, 5.41) is 0. The molecule has 3 N–H and O–H groups in total. The van der Waals surface area contributed by atoms with Crippen molar-refractivity contribution in [3.8, 4) is 0 Å². The molecule has 0 spiro atoms. The third kappa shape index (κ3) is 49.7. The van der Waals surface area contributed by atoms with Crippen LogP contribution in [0.3, 0.4) is 0 Å². The number of hydrogen-bond acceptors (Lipinski definition) is 7. The number of unbranched alkanes of at least 4 members (excludes halogenated alkanes) is 32. The summed E-state index contributed by atoms with van der Waals surface area (Å²) in [6.07, 6.45) is 60.3. The molecule has 0 radical (unpaired) electrons. The third-order valence-corrected chi connectivity index (χ3v) is 12.5. The van der Waals surface area contributed by atoms with Crippen LogP contribution >= 0.6 is 7.82 Å². The molecular formula is C53H102NO7P. The summed E-state index contributed by atoms with van der Waals surface area (Å²) in [5.74, 6) is -0.330. The van der Waals surface area contributed by atoms with Gasteiger partial charge in [-0.2, -0.15) is 0 Å². The van der Waals surface area contributed by atoms with Crippen molar-refractivity contribution in [1.82, 2.24) is 0 Å². The number of rotatable bonds is 51. The van der Waals surface area contributed by atoms with Crippen LogP contribution in [0.2, 0.25) is 0 Å². The number of carbonyl (C=O) groups is 1. The molecule has 0 aromatic heterocycles. The van der Waals surface area contributed by atoms with E-state index >= 15 is 0 Å². The lowest BCUT2D eigenvalue weighted by Crippen LogP contribution is -2.28. The normalized spacial score (nSPS) is 13.5. The van der Waals surface area contributed by atoms with Crippen molar-refractivity contribution in [2.45, 2.75) is 264 Å². The number of phosphoric acid groups is 1. The zero-order valence-corrected chi connectivity index (χ0v) is 41.8. The first-order valence-corrected chi connectivity index (χ1v) is 28.0. The van der Waals surface area contributed by atoms with E-state index in [4.69, 9.17) is 24.3 Å². The number of carbonyl (C=O) groups excluding carboxylic acids is 1. The maximum absolute atomic E-state index is 12.7. The fraction of sp³-hybridized carbons (Fsp3) is 0.868. The average molecular weight is 896 g/mol. The minimum absolute atomic E-state index is 0.0948. The molecule has 0 saturated carbocycles. The molecule has 0 aromatic rings. The summed E-state index contributed by atoms with van der Waals surface area (Å²) in [6, 6.07) is 0. The Bertz CT molecular complexity index is 1050. The molecule has 62 heavy (non-hydrogen) atoms. The maximum atomic E-state index is 12.7. The van der Waals surface area contributed by atoms with E-state index in [-0.39, 0.29) is 32.3 Å². The number of nitrogens with two attached hydrogens (primary N) is 1. The molecule has 0 amide bonds. The lowest BCUT2D eigenvalue weighted by atomic mass is 10.0. The zero-order valence-electron chi connectivity index (χ0n) is 40.9. The van der Waals surface area contributed by atoms with E-state index in [0.717, 1.165) is 44.9 Å². The van der Waals surface area contributed by atoms with Crippen LogP contribution in [0, 0.1) is 0 Å². The number of esters is 1. The van der Waals surface area contributed by atoms with Gasteiger partial charge < -0.3 is 20.1 Å². The van der Waals surface area contributed by atoms with Gasteiger partial charge in [-0.15, -0.1) is 0 Å². The molecule has 0 aliphatic heterocycles.